The van der Waals surface area contributed by atoms with Gasteiger partial charge in [-0.25, -0.2) is 0 Å². The van der Waals surface area contributed by atoms with Crippen LogP contribution in [0.4, 0.5) is 0 Å². The molecular formula is C25H44O2. The maximum absolute atomic E-state index is 11.6. The zero-order valence-corrected chi connectivity index (χ0v) is 18.5. The summed E-state index contributed by atoms with van der Waals surface area (Å²) in [6.07, 6.45) is 26.6. The highest BCUT2D eigenvalue weighted by atomic mass is 16.5. The average molecular weight is 377 g/mol. The van der Waals surface area contributed by atoms with Gasteiger partial charge in [0.25, 0.3) is 0 Å². The molecule has 0 atom stereocenters. The van der Waals surface area contributed by atoms with E-state index in [0.29, 0.717) is 13.0 Å². The number of carbonyl (C=O) groups excluding carboxylic acids is 1. The first-order valence-corrected chi connectivity index (χ1v) is 11.1. The van der Waals surface area contributed by atoms with Crippen LogP contribution in [-0.2, 0) is 9.53 Å². The number of rotatable bonds is 16. The van der Waals surface area contributed by atoms with Gasteiger partial charge in [-0.15, -0.1) is 0 Å². The van der Waals surface area contributed by atoms with Crippen LogP contribution in [-0.4, -0.2) is 12.6 Å². The Balaban J connectivity index is 3.32. The Hall–Kier alpha value is -1.31. The molecule has 27 heavy (non-hydrogen) atoms. The number of carbonyl (C=O) groups is 1. The van der Waals surface area contributed by atoms with E-state index >= 15 is 0 Å². The first-order chi connectivity index (χ1) is 13.0. The number of hydrogen-bond donors (Lipinski definition) is 0. The third kappa shape index (κ3) is 22.6. The number of esters is 1. The SMILES string of the molecule is CC/C=C\C/C=C\C/C=C\CCCCCCCCOC(=O)CCC(C)(C)C. The van der Waals surface area contributed by atoms with E-state index in [1.54, 1.807) is 0 Å². The van der Waals surface area contributed by atoms with Crippen LogP contribution in [0.1, 0.15) is 105 Å². The van der Waals surface area contributed by atoms with E-state index in [0.717, 1.165) is 32.1 Å². The second-order valence-corrected chi connectivity index (χ2v) is 8.48. The summed E-state index contributed by atoms with van der Waals surface area (Å²) in [5.74, 6) is -0.0380. The second-order valence-electron chi connectivity index (χ2n) is 8.48. The van der Waals surface area contributed by atoms with E-state index in [1.165, 1.54) is 38.5 Å². The summed E-state index contributed by atoms with van der Waals surface area (Å²) in [6, 6.07) is 0. The predicted molar refractivity (Wildman–Crippen MR) is 119 cm³/mol. The molecule has 2 heteroatoms. The summed E-state index contributed by atoms with van der Waals surface area (Å²) in [7, 11) is 0. The Morgan fingerprint density at radius 2 is 1.33 bits per heavy atom. The molecule has 0 aromatic carbocycles. The maximum atomic E-state index is 11.6. The van der Waals surface area contributed by atoms with E-state index in [-0.39, 0.29) is 11.4 Å². The lowest BCUT2D eigenvalue weighted by Gasteiger charge is -2.16. The van der Waals surface area contributed by atoms with Gasteiger partial charge < -0.3 is 4.74 Å². The van der Waals surface area contributed by atoms with Crippen LogP contribution in [0.15, 0.2) is 36.5 Å². The number of allylic oxidation sites excluding steroid dienone is 6. The van der Waals surface area contributed by atoms with Crippen LogP contribution in [0, 0.1) is 5.41 Å². The van der Waals surface area contributed by atoms with E-state index in [9.17, 15) is 4.79 Å². The third-order valence-electron chi connectivity index (χ3n) is 4.39. The molecule has 0 aliphatic carbocycles. The van der Waals surface area contributed by atoms with E-state index in [1.807, 2.05) is 0 Å². The summed E-state index contributed by atoms with van der Waals surface area (Å²) in [6.45, 7) is 9.21. The topological polar surface area (TPSA) is 26.3 Å². The summed E-state index contributed by atoms with van der Waals surface area (Å²) in [4.78, 5) is 11.6. The first kappa shape index (κ1) is 25.7. The van der Waals surface area contributed by atoms with Crippen molar-refractivity contribution in [3.63, 3.8) is 0 Å². The van der Waals surface area contributed by atoms with Crippen molar-refractivity contribution in [1.29, 1.82) is 0 Å². The molecule has 0 aromatic rings. The summed E-state index contributed by atoms with van der Waals surface area (Å²) < 4.78 is 5.30. The average Bonchev–Trinajstić information content (AvgIpc) is 2.62. The van der Waals surface area contributed by atoms with Gasteiger partial charge >= 0.3 is 5.97 Å². The van der Waals surface area contributed by atoms with Crippen LogP contribution < -0.4 is 0 Å². The zero-order valence-electron chi connectivity index (χ0n) is 18.5. The molecule has 0 aromatic heterocycles. The third-order valence-corrected chi connectivity index (χ3v) is 4.39. The number of hydrogen-bond acceptors (Lipinski definition) is 2. The van der Waals surface area contributed by atoms with Crippen LogP contribution in [0.5, 0.6) is 0 Å². The van der Waals surface area contributed by atoms with Gasteiger partial charge in [-0.3, -0.25) is 4.79 Å². The molecule has 0 spiro atoms. The lowest BCUT2D eigenvalue weighted by atomic mass is 9.91. The smallest absolute Gasteiger partial charge is 0.305 e. The highest BCUT2D eigenvalue weighted by Crippen LogP contribution is 2.20. The Labute approximate surface area is 169 Å². The van der Waals surface area contributed by atoms with Gasteiger partial charge in [-0.2, -0.15) is 0 Å². The standard InChI is InChI=1S/C25H44O2/c1-5-6-7-8-9-10-11-12-13-14-15-16-17-18-19-20-23-27-24(26)21-22-25(2,3)4/h6-7,9-10,12-13H,5,8,11,14-23H2,1-4H3/b7-6-,10-9-,13-12-. The lowest BCUT2D eigenvalue weighted by molar-refractivity contribution is -0.144. The largest absolute Gasteiger partial charge is 0.466 e. The summed E-state index contributed by atoms with van der Waals surface area (Å²) in [5.41, 5.74) is 0.205. The molecule has 0 saturated heterocycles. The van der Waals surface area contributed by atoms with Crippen molar-refractivity contribution in [2.45, 2.75) is 105 Å². The molecule has 0 N–H and O–H groups in total. The van der Waals surface area contributed by atoms with Crippen molar-refractivity contribution in [2.24, 2.45) is 5.41 Å². The molecule has 0 amide bonds. The van der Waals surface area contributed by atoms with Crippen LogP contribution in [0.3, 0.4) is 0 Å². The number of unbranched alkanes of at least 4 members (excludes halogenated alkanes) is 6. The van der Waals surface area contributed by atoms with Crippen LogP contribution >= 0.6 is 0 Å². The minimum atomic E-state index is -0.0380. The molecule has 0 unspecified atom stereocenters. The van der Waals surface area contributed by atoms with Crippen LogP contribution in [0.25, 0.3) is 0 Å². The molecule has 0 aliphatic heterocycles. The van der Waals surface area contributed by atoms with Crippen molar-refractivity contribution in [3.05, 3.63) is 36.5 Å². The van der Waals surface area contributed by atoms with Crippen molar-refractivity contribution >= 4 is 5.97 Å². The Morgan fingerprint density at radius 1 is 0.778 bits per heavy atom. The van der Waals surface area contributed by atoms with Crippen molar-refractivity contribution in [2.75, 3.05) is 6.61 Å². The highest BCUT2D eigenvalue weighted by Gasteiger charge is 2.13. The lowest BCUT2D eigenvalue weighted by Crippen LogP contribution is -2.11. The Bertz CT molecular complexity index is 424. The van der Waals surface area contributed by atoms with Crippen molar-refractivity contribution < 1.29 is 9.53 Å². The van der Waals surface area contributed by atoms with Crippen molar-refractivity contribution in [3.8, 4) is 0 Å². The molecule has 0 aliphatic rings. The van der Waals surface area contributed by atoms with Gasteiger partial charge in [0.1, 0.15) is 0 Å². The number of ether oxygens (including phenoxy) is 1. The highest BCUT2D eigenvalue weighted by molar-refractivity contribution is 5.69. The summed E-state index contributed by atoms with van der Waals surface area (Å²) >= 11 is 0. The van der Waals surface area contributed by atoms with Gasteiger partial charge in [-0.1, -0.05) is 89.8 Å². The molecule has 156 valence electrons. The van der Waals surface area contributed by atoms with Gasteiger partial charge in [0.2, 0.25) is 0 Å². The predicted octanol–water partition coefficient (Wildman–Crippen LogP) is 7.95. The molecule has 0 rings (SSSR count). The molecule has 0 fully saturated rings. The quantitative estimate of drug-likeness (QED) is 0.155. The van der Waals surface area contributed by atoms with E-state index in [2.05, 4.69) is 64.2 Å². The monoisotopic (exact) mass is 376 g/mol. The molecule has 2 nitrogen and oxygen atoms in total. The maximum Gasteiger partial charge on any atom is 0.305 e. The molecular weight excluding hydrogens is 332 g/mol. The van der Waals surface area contributed by atoms with Crippen molar-refractivity contribution in [1.82, 2.24) is 0 Å². The summed E-state index contributed by atoms with van der Waals surface area (Å²) in [5, 5.41) is 0. The Morgan fingerprint density at radius 3 is 1.96 bits per heavy atom. The fourth-order valence-electron chi connectivity index (χ4n) is 2.63. The Kier molecular flexibility index (Phi) is 17.2. The zero-order chi connectivity index (χ0) is 20.2. The minimum absolute atomic E-state index is 0.0380. The fraction of sp³-hybridized carbons (Fsp3) is 0.720. The van der Waals surface area contributed by atoms with Gasteiger partial charge in [0, 0.05) is 6.42 Å². The van der Waals surface area contributed by atoms with Crippen LogP contribution in [0.2, 0.25) is 0 Å². The fourth-order valence-corrected chi connectivity index (χ4v) is 2.63. The molecule has 0 radical (unpaired) electrons. The first-order valence-electron chi connectivity index (χ1n) is 11.1. The molecule has 0 bridgehead atoms. The van der Waals surface area contributed by atoms with Gasteiger partial charge in [0.15, 0.2) is 0 Å². The molecule has 0 heterocycles. The second kappa shape index (κ2) is 18.1. The van der Waals surface area contributed by atoms with Gasteiger partial charge in [0.05, 0.1) is 6.61 Å². The molecule has 0 saturated carbocycles. The van der Waals surface area contributed by atoms with E-state index in [4.69, 9.17) is 4.74 Å². The normalized spacial score (nSPS) is 12.6. The minimum Gasteiger partial charge on any atom is -0.466 e. The van der Waals surface area contributed by atoms with Gasteiger partial charge in [-0.05, 0) is 50.4 Å². The van der Waals surface area contributed by atoms with E-state index < -0.39 is 0 Å².